The molecule has 0 saturated heterocycles. The molecule has 1 N–H and O–H groups in total. The first-order valence-corrected chi connectivity index (χ1v) is 4.34. The highest BCUT2D eigenvalue weighted by Gasteiger charge is 2.40. The largest absolute Gasteiger partial charge is 0.387 e. The van der Waals surface area contributed by atoms with Crippen LogP contribution in [0.1, 0.15) is 33.1 Å². The van der Waals surface area contributed by atoms with Gasteiger partial charge in [-0.05, 0) is 32.6 Å². The lowest BCUT2D eigenvalue weighted by Crippen LogP contribution is -2.48. The molecule has 0 heterocycles. The van der Waals surface area contributed by atoms with E-state index in [4.69, 9.17) is 4.74 Å². The second-order valence-electron chi connectivity index (χ2n) is 3.73. The Labute approximate surface area is 68.6 Å². The smallest absolute Gasteiger partial charge is 0.0905 e. The molecule has 1 fully saturated rings. The van der Waals surface area contributed by atoms with Crippen LogP contribution in [0.4, 0.5) is 0 Å². The van der Waals surface area contributed by atoms with Gasteiger partial charge in [0.2, 0.25) is 0 Å². The molecule has 2 atom stereocenters. The minimum atomic E-state index is -0.618. The van der Waals surface area contributed by atoms with Crippen LogP contribution in [0.5, 0.6) is 0 Å². The molecule has 0 aliphatic heterocycles. The molecule has 1 rings (SSSR count). The Bertz CT molecular complexity index is 121. The second-order valence-corrected chi connectivity index (χ2v) is 3.73. The van der Waals surface area contributed by atoms with E-state index in [0.29, 0.717) is 5.92 Å². The Balaban J connectivity index is 2.49. The van der Waals surface area contributed by atoms with Gasteiger partial charge in [-0.2, -0.15) is 0 Å². The summed E-state index contributed by atoms with van der Waals surface area (Å²) in [7, 11) is 1.65. The fourth-order valence-corrected chi connectivity index (χ4v) is 1.56. The number of ether oxygens (including phenoxy) is 1. The number of rotatable bonds is 3. The average Bonchev–Trinajstić information content (AvgIpc) is 1.81. The van der Waals surface area contributed by atoms with E-state index in [1.165, 1.54) is 6.42 Å². The normalized spacial score (nSPS) is 27.3. The Kier molecular flexibility index (Phi) is 2.55. The maximum Gasteiger partial charge on any atom is 0.0905 e. The predicted octanol–water partition coefficient (Wildman–Crippen LogP) is 1.57. The van der Waals surface area contributed by atoms with Gasteiger partial charge in [0.15, 0.2) is 0 Å². The first-order chi connectivity index (χ1) is 5.09. The highest BCUT2D eigenvalue weighted by Crippen LogP contribution is 2.38. The number of hydrogen-bond acceptors (Lipinski definition) is 2. The van der Waals surface area contributed by atoms with Gasteiger partial charge in [0.1, 0.15) is 0 Å². The van der Waals surface area contributed by atoms with Gasteiger partial charge in [0.05, 0.1) is 11.7 Å². The standard InChI is InChI=1S/C9H18O2/c1-7(11-3)9(2,10)8-5-4-6-8/h7-8,10H,4-6H2,1-3H3. The van der Waals surface area contributed by atoms with E-state index in [0.717, 1.165) is 12.8 Å². The predicted molar refractivity (Wildman–Crippen MR) is 44.4 cm³/mol. The maximum atomic E-state index is 9.98. The van der Waals surface area contributed by atoms with Crippen LogP contribution in [0.2, 0.25) is 0 Å². The molecule has 1 aliphatic rings. The van der Waals surface area contributed by atoms with E-state index in [-0.39, 0.29) is 6.10 Å². The van der Waals surface area contributed by atoms with E-state index in [2.05, 4.69) is 0 Å². The summed E-state index contributed by atoms with van der Waals surface area (Å²) in [6.45, 7) is 3.81. The van der Waals surface area contributed by atoms with E-state index in [1.54, 1.807) is 7.11 Å². The molecule has 1 saturated carbocycles. The molecule has 0 aromatic heterocycles. The molecule has 11 heavy (non-hydrogen) atoms. The van der Waals surface area contributed by atoms with Crippen molar-refractivity contribution in [3.05, 3.63) is 0 Å². The Morgan fingerprint density at radius 3 is 2.36 bits per heavy atom. The van der Waals surface area contributed by atoms with Gasteiger partial charge < -0.3 is 9.84 Å². The summed E-state index contributed by atoms with van der Waals surface area (Å²) < 4.78 is 5.12. The Hall–Kier alpha value is -0.0800. The molecular formula is C9H18O2. The Morgan fingerprint density at radius 1 is 1.55 bits per heavy atom. The second kappa shape index (κ2) is 3.11. The summed E-state index contributed by atoms with van der Waals surface area (Å²) in [6.07, 6.45) is 3.52. The van der Waals surface area contributed by atoms with Crippen molar-refractivity contribution in [3.63, 3.8) is 0 Å². The highest BCUT2D eigenvalue weighted by atomic mass is 16.5. The van der Waals surface area contributed by atoms with Crippen molar-refractivity contribution in [2.75, 3.05) is 7.11 Å². The van der Waals surface area contributed by atoms with Crippen LogP contribution in [-0.2, 0) is 4.74 Å². The molecule has 1 aliphatic carbocycles. The third-order valence-electron chi connectivity index (χ3n) is 3.11. The highest BCUT2D eigenvalue weighted by molar-refractivity contribution is 4.91. The van der Waals surface area contributed by atoms with Crippen molar-refractivity contribution < 1.29 is 9.84 Å². The van der Waals surface area contributed by atoms with Gasteiger partial charge >= 0.3 is 0 Å². The molecule has 0 bridgehead atoms. The van der Waals surface area contributed by atoms with Crippen LogP contribution in [-0.4, -0.2) is 23.9 Å². The quantitative estimate of drug-likeness (QED) is 0.675. The van der Waals surface area contributed by atoms with E-state index >= 15 is 0 Å². The Morgan fingerprint density at radius 2 is 2.09 bits per heavy atom. The lowest BCUT2D eigenvalue weighted by molar-refractivity contribution is -0.126. The van der Waals surface area contributed by atoms with Gasteiger partial charge in [-0.1, -0.05) is 6.42 Å². The van der Waals surface area contributed by atoms with E-state index in [1.807, 2.05) is 13.8 Å². The molecule has 2 unspecified atom stereocenters. The van der Waals surface area contributed by atoms with Gasteiger partial charge in [-0.3, -0.25) is 0 Å². The molecule has 0 aromatic carbocycles. The molecule has 0 amide bonds. The lowest BCUT2D eigenvalue weighted by Gasteiger charge is -2.42. The van der Waals surface area contributed by atoms with Crippen LogP contribution in [0, 0.1) is 5.92 Å². The molecule has 0 spiro atoms. The zero-order valence-corrected chi connectivity index (χ0v) is 7.63. The van der Waals surface area contributed by atoms with Crippen molar-refractivity contribution in [1.29, 1.82) is 0 Å². The molecular weight excluding hydrogens is 140 g/mol. The molecule has 2 heteroatoms. The summed E-state index contributed by atoms with van der Waals surface area (Å²) in [5.74, 6) is 0.456. The summed E-state index contributed by atoms with van der Waals surface area (Å²) >= 11 is 0. The van der Waals surface area contributed by atoms with Crippen LogP contribution >= 0.6 is 0 Å². The fourth-order valence-electron chi connectivity index (χ4n) is 1.56. The zero-order chi connectivity index (χ0) is 8.48. The van der Waals surface area contributed by atoms with Gasteiger partial charge in [0, 0.05) is 7.11 Å². The third kappa shape index (κ3) is 1.57. The minimum absolute atomic E-state index is 0.0483. The summed E-state index contributed by atoms with van der Waals surface area (Å²) in [4.78, 5) is 0. The summed E-state index contributed by atoms with van der Waals surface area (Å²) in [5, 5.41) is 9.98. The van der Waals surface area contributed by atoms with Crippen LogP contribution in [0.25, 0.3) is 0 Å². The first kappa shape index (κ1) is 9.01. The van der Waals surface area contributed by atoms with Crippen LogP contribution in [0.15, 0.2) is 0 Å². The molecule has 2 nitrogen and oxygen atoms in total. The molecule has 66 valence electrons. The summed E-state index contributed by atoms with van der Waals surface area (Å²) in [6, 6.07) is 0. The maximum absolute atomic E-state index is 9.98. The summed E-state index contributed by atoms with van der Waals surface area (Å²) in [5.41, 5.74) is -0.618. The van der Waals surface area contributed by atoms with Crippen molar-refractivity contribution in [1.82, 2.24) is 0 Å². The first-order valence-electron chi connectivity index (χ1n) is 4.34. The average molecular weight is 158 g/mol. The SMILES string of the molecule is COC(C)C(C)(O)C1CCC1. The van der Waals surface area contributed by atoms with Gasteiger partial charge in [-0.25, -0.2) is 0 Å². The van der Waals surface area contributed by atoms with Crippen molar-refractivity contribution in [3.8, 4) is 0 Å². The topological polar surface area (TPSA) is 29.5 Å². The number of aliphatic hydroxyl groups is 1. The molecule has 0 aromatic rings. The van der Waals surface area contributed by atoms with Gasteiger partial charge in [-0.15, -0.1) is 0 Å². The van der Waals surface area contributed by atoms with Crippen molar-refractivity contribution >= 4 is 0 Å². The van der Waals surface area contributed by atoms with Gasteiger partial charge in [0.25, 0.3) is 0 Å². The monoisotopic (exact) mass is 158 g/mol. The minimum Gasteiger partial charge on any atom is -0.387 e. The number of hydrogen-bond donors (Lipinski definition) is 1. The zero-order valence-electron chi connectivity index (χ0n) is 7.63. The van der Waals surface area contributed by atoms with Crippen LogP contribution in [0.3, 0.4) is 0 Å². The van der Waals surface area contributed by atoms with E-state index < -0.39 is 5.60 Å². The number of methoxy groups -OCH3 is 1. The lowest BCUT2D eigenvalue weighted by atomic mass is 9.71. The van der Waals surface area contributed by atoms with Crippen molar-refractivity contribution in [2.24, 2.45) is 5.92 Å². The molecule has 0 radical (unpaired) electrons. The van der Waals surface area contributed by atoms with Crippen LogP contribution < -0.4 is 0 Å². The van der Waals surface area contributed by atoms with Crippen molar-refractivity contribution in [2.45, 2.75) is 44.8 Å². The fraction of sp³-hybridized carbons (Fsp3) is 1.00. The third-order valence-corrected chi connectivity index (χ3v) is 3.11. The van der Waals surface area contributed by atoms with E-state index in [9.17, 15) is 5.11 Å².